The molecule has 10 heterocycles. The van der Waals surface area contributed by atoms with Crippen LogP contribution in [-0.2, 0) is 51.0 Å². The van der Waals surface area contributed by atoms with Gasteiger partial charge in [-0.2, -0.15) is 0 Å². The Morgan fingerprint density at radius 3 is 1.23 bits per heavy atom. The number of nitrogens with one attached hydrogen (secondary N) is 1. The van der Waals surface area contributed by atoms with Gasteiger partial charge in [0.25, 0.3) is 11.8 Å². The number of morpholine rings is 3. The first-order chi connectivity index (χ1) is 53.2. The molecule has 3 aliphatic heterocycles. The van der Waals surface area contributed by atoms with Crippen molar-refractivity contribution in [1.82, 2.24) is 50.0 Å². The molecule has 2 amide bonds. The predicted molar refractivity (Wildman–Crippen MR) is 423 cm³/mol. The van der Waals surface area contributed by atoms with Gasteiger partial charge in [0.1, 0.15) is 23.2 Å². The number of halogens is 4. The number of carbonyl (C=O) groups excluding carboxylic acids is 8. The predicted octanol–water partition coefficient (Wildman–Crippen LogP) is 12.0. The Labute approximate surface area is 656 Å². The first-order valence-corrected chi connectivity index (χ1v) is 35.9. The maximum atomic E-state index is 13.2. The van der Waals surface area contributed by atoms with Crippen molar-refractivity contribution in [2.75, 3.05) is 96.1 Å². The van der Waals surface area contributed by atoms with Crippen molar-refractivity contribution in [1.29, 1.82) is 0 Å². The molecule has 572 valence electrons. The summed E-state index contributed by atoms with van der Waals surface area (Å²) < 4.78 is 19.7. The summed E-state index contributed by atoms with van der Waals surface area (Å²) >= 11 is 23.9. The fraction of sp³-hybridized carbons (Fsp3) is 0.225. The van der Waals surface area contributed by atoms with E-state index in [1.54, 1.807) is 132 Å². The lowest BCUT2D eigenvalue weighted by molar-refractivity contribution is -0.156. The molecule has 0 spiro atoms. The number of nitrogens with zero attached hydrogens (tertiary/aromatic N) is 9. The Morgan fingerprint density at radius 1 is 0.477 bits per heavy atom. The number of carboxylic acid groups (broad SMARTS) is 1. The van der Waals surface area contributed by atoms with Gasteiger partial charge in [0.15, 0.2) is 5.78 Å². The molecule has 31 heteroatoms. The van der Waals surface area contributed by atoms with Crippen molar-refractivity contribution in [3.63, 3.8) is 0 Å². The highest BCUT2D eigenvalue weighted by molar-refractivity contribution is 6.47. The maximum Gasteiger partial charge on any atom is 0.336 e. The molecule has 0 saturated carbocycles. The molecule has 1 aliphatic carbocycles. The number of hydrogen-bond acceptors (Lipinski definition) is 24. The molecule has 8 N–H and O–H groups in total. The van der Waals surface area contributed by atoms with E-state index < -0.39 is 23.7 Å². The minimum atomic E-state index is -1.03. The molecule has 0 atom stereocenters. The van der Waals surface area contributed by atoms with Crippen LogP contribution in [0.15, 0.2) is 164 Å². The van der Waals surface area contributed by atoms with E-state index >= 15 is 0 Å². The highest BCUT2D eigenvalue weighted by Crippen LogP contribution is 2.32. The van der Waals surface area contributed by atoms with Gasteiger partial charge in [0, 0.05) is 161 Å². The molecule has 15 rings (SSSR count). The maximum absolute atomic E-state index is 13.2. The summed E-state index contributed by atoms with van der Waals surface area (Å²) in [5.74, 6) is -1.69. The van der Waals surface area contributed by atoms with E-state index in [0.29, 0.717) is 169 Å². The van der Waals surface area contributed by atoms with E-state index in [9.17, 15) is 48.3 Å². The Morgan fingerprint density at radius 2 is 0.874 bits per heavy atom. The Kier molecular flexibility index (Phi) is 30.2. The molecule has 3 saturated heterocycles. The average molecular weight is 1580 g/mol. The number of carboxylic acids is 1. The van der Waals surface area contributed by atoms with Gasteiger partial charge in [-0.05, 0) is 153 Å². The van der Waals surface area contributed by atoms with Crippen molar-refractivity contribution < 1.29 is 67.2 Å². The highest BCUT2D eigenvalue weighted by Gasteiger charge is 2.29. The lowest BCUT2D eigenvalue weighted by Gasteiger charge is -2.27. The molecule has 0 radical (unpaired) electrons. The van der Waals surface area contributed by atoms with Gasteiger partial charge in [0.2, 0.25) is 11.6 Å². The zero-order valence-electron chi connectivity index (χ0n) is 60.5. The molecule has 7 aromatic heterocycles. The fourth-order valence-corrected chi connectivity index (χ4v) is 11.8. The van der Waals surface area contributed by atoms with Crippen LogP contribution >= 0.6 is 46.4 Å². The van der Waals surface area contributed by atoms with Gasteiger partial charge in [-0.15, -0.1) is 0 Å². The summed E-state index contributed by atoms with van der Waals surface area (Å²) in [6.45, 7) is 13.6. The van der Waals surface area contributed by atoms with Crippen LogP contribution in [0, 0.1) is 0 Å². The number of amides is 2. The Bertz CT molecular complexity index is 5220. The van der Waals surface area contributed by atoms with Gasteiger partial charge in [-0.25, -0.2) is 34.7 Å². The number of anilines is 3. The normalized spacial score (nSPS) is 13.4. The van der Waals surface area contributed by atoms with Crippen LogP contribution in [-0.4, -0.2) is 182 Å². The fourth-order valence-electron chi connectivity index (χ4n) is 11.1. The van der Waals surface area contributed by atoms with Crippen LogP contribution < -0.4 is 22.5 Å². The SMILES string of the molecule is C1COCCN1.CC(=O)Cc1ccc(-c2cc(C(=O)N3CCOCC3)c3cc(Cl)ccc3n2)cn1.CC(=O)OC(C)=O.CC(=O)c1ccc(N)nc1.Nc1ccc(-c2cc(C(=O)N3CCOCC3)c3cc(Cl)ccc3n2)cn1.Nc1ccc(-c2cc(C(=O)O)c3cc(Cl)ccc3n2)cn1.O=C1Cc2ccc(Cl)cc2C1=O. The molecule has 27 nitrogen and oxygen atoms in total. The third kappa shape index (κ3) is 24.2. The lowest BCUT2D eigenvalue weighted by atomic mass is 10.0. The second-order valence-electron chi connectivity index (χ2n) is 24.8. The van der Waals surface area contributed by atoms with Crippen molar-refractivity contribution in [3.05, 3.63) is 223 Å². The first kappa shape index (κ1) is 83.4. The summed E-state index contributed by atoms with van der Waals surface area (Å²) in [6.07, 6.45) is 6.90. The van der Waals surface area contributed by atoms with Crippen molar-refractivity contribution in [2.24, 2.45) is 0 Å². The third-order valence-electron chi connectivity index (χ3n) is 16.6. The molecule has 0 unspecified atom stereocenters. The van der Waals surface area contributed by atoms with E-state index in [0.717, 1.165) is 53.8 Å². The number of aromatic nitrogens is 7. The minimum Gasteiger partial charge on any atom is -0.478 e. The summed E-state index contributed by atoms with van der Waals surface area (Å²) in [6, 6.07) is 39.6. The van der Waals surface area contributed by atoms with Crippen LogP contribution in [0.2, 0.25) is 20.1 Å². The van der Waals surface area contributed by atoms with Crippen LogP contribution in [0.4, 0.5) is 17.5 Å². The van der Waals surface area contributed by atoms with Crippen molar-refractivity contribution in [3.8, 4) is 33.8 Å². The van der Waals surface area contributed by atoms with E-state index in [4.69, 9.17) is 82.8 Å². The number of rotatable bonds is 9. The quantitative estimate of drug-likeness (QED) is 0.0388. The Hall–Kier alpha value is -11.7. The number of fused-ring (bicyclic) bond motifs is 4. The van der Waals surface area contributed by atoms with E-state index in [1.165, 1.54) is 40.0 Å². The van der Waals surface area contributed by atoms with Gasteiger partial charge < -0.3 is 56.4 Å². The number of benzene rings is 4. The standard InChI is InChI=1S/C22H20ClN3O3.C19H17ClN4O2.C15H10ClN3O2.C9H5ClO2.C7H8N2O.C4H9NO.C4H6O3/c1-14(27)10-17-4-2-15(13-24-17)21-12-19(22(28)26-6-8-29-9-7-26)18-11-16(23)3-5-20(18)25-21;20-13-2-3-16-14(9-13)15(19(25)24-5-7-26-8-6-24)10-17(23-16)12-1-4-18(21)22-11-12;16-9-2-3-12-10(5-9)11(15(20)21)6-13(19-12)8-1-4-14(17)18-7-8;10-6-2-1-5-3-8(11)9(12)7(5)4-6;1-5(10)6-2-3-7(8)9-4-6;1-3-6-4-2-5-1;1-3(5)7-4(2)6/h2-5,11-13H,6-10H2,1H3;1-4,9-11H,5-8H2,(H2,21,22);1-7H,(H2,17,18)(H,20,21);1-2,4H,3H2;2-4H,1H3,(H2,8,9);5H,1-4H2;1-2H3. The van der Waals surface area contributed by atoms with E-state index in [-0.39, 0.29) is 41.1 Å². The number of Topliss-reactive ketones (excluding diaryl/α,β-unsaturated/α-hetero) is 4. The number of ether oxygens (including phenoxy) is 4. The molecule has 111 heavy (non-hydrogen) atoms. The molecule has 11 aromatic rings. The lowest BCUT2D eigenvalue weighted by Crippen LogP contribution is -2.40. The Balaban J connectivity index is 0.000000159. The number of carbonyl (C=O) groups is 9. The topological polar surface area (TPSA) is 398 Å². The number of pyridine rings is 7. The monoisotopic (exact) mass is 1580 g/mol. The molecule has 4 aliphatic rings. The van der Waals surface area contributed by atoms with Crippen molar-refractivity contribution >= 4 is 149 Å². The largest absolute Gasteiger partial charge is 0.478 e. The molecular weight excluding hydrogens is 1510 g/mol. The van der Waals surface area contributed by atoms with Crippen LogP contribution in [0.5, 0.6) is 0 Å². The first-order valence-electron chi connectivity index (χ1n) is 34.4. The van der Waals surface area contributed by atoms with Crippen LogP contribution in [0.25, 0.3) is 66.5 Å². The van der Waals surface area contributed by atoms with E-state index in [1.807, 2.05) is 30.3 Å². The van der Waals surface area contributed by atoms with Crippen molar-refractivity contribution in [2.45, 2.75) is 40.5 Å². The zero-order valence-corrected chi connectivity index (χ0v) is 63.5. The summed E-state index contributed by atoms with van der Waals surface area (Å²) in [4.78, 5) is 135. The molecule has 4 aromatic carbocycles. The highest BCUT2D eigenvalue weighted by atomic mass is 35.5. The number of aromatic carboxylic acids is 1. The summed E-state index contributed by atoms with van der Waals surface area (Å²) in [5.41, 5.74) is 26.4. The van der Waals surface area contributed by atoms with Gasteiger partial charge in [-0.3, -0.25) is 43.3 Å². The minimum absolute atomic E-state index is 0.00694. The van der Waals surface area contributed by atoms with Gasteiger partial charge in [-0.1, -0.05) is 52.5 Å². The molecule has 0 bridgehead atoms. The summed E-state index contributed by atoms with van der Waals surface area (Å²) in [5, 5.41) is 16.6. The second kappa shape index (κ2) is 40.1. The zero-order chi connectivity index (χ0) is 79.8. The van der Waals surface area contributed by atoms with E-state index in [2.05, 4.69) is 40.0 Å². The van der Waals surface area contributed by atoms with Gasteiger partial charge >= 0.3 is 17.9 Å². The van der Waals surface area contributed by atoms with Crippen LogP contribution in [0.3, 0.4) is 0 Å². The number of esters is 2. The second-order valence-corrected chi connectivity index (χ2v) is 26.6. The summed E-state index contributed by atoms with van der Waals surface area (Å²) in [7, 11) is 0. The van der Waals surface area contributed by atoms with Crippen LogP contribution in [0.1, 0.15) is 90.7 Å². The molecular formula is C80H75Cl4N13O14. The molecule has 3 fully saturated rings. The van der Waals surface area contributed by atoms with Gasteiger partial charge in [0.05, 0.1) is 90.0 Å². The number of nitrogen functional groups attached to an aromatic ring is 3. The number of ketones is 4. The number of nitrogens with two attached hydrogens (primary N) is 3. The third-order valence-corrected chi connectivity index (χ3v) is 17.5. The average Bonchev–Trinajstić information content (AvgIpc) is 1.36. The smallest absolute Gasteiger partial charge is 0.336 e. The number of hydrogen-bond donors (Lipinski definition) is 5.